The van der Waals surface area contributed by atoms with Crippen molar-refractivity contribution < 1.29 is 14.3 Å². The number of carbonyl (C=O) groups is 1. The molecule has 1 fully saturated rings. The van der Waals surface area contributed by atoms with Gasteiger partial charge >= 0.3 is 5.97 Å². The van der Waals surface area contributed by atoms with Crippen LogP contribution >= 0.6 is 11.6 Å². The van der Waals surface area contributed by atoms with E-state index in [1.165, 1.54) is 6.08 Å². The van der Waals surface area contributed by atoms with Crippen LogP contribution in [0.2, 0.25) is 5.28 Å². The van der Waals surface area contributed by atoms with Gasteiger partial charge in [0.15, 0.2) is 11.6 Å². The molecule has 0 amide bonds. The van der Waals surface area contributed by atoms with Gasteiger partial charge in [0, 0.05) is 12.1 Å². The molecule has 0 spiro atoms. The highest BCUT2D eigenvalue weighted by Crippen LogP contribution is 2.32. The van der Waals surface area contributed by atoms with Crippen LogP contribution in [0.5, 0.6) is 0 Å². The second-order valence-corrected chi connectivity index (χ2v) is 5.57. The minimum atomic E-state index is -0.947. The Morgan fingerprint density at radius 3 is 3.05 bits per heavy atom. The molecule has 1 aliphatic carbocycles. The van der Waals surface area contributed by atoms with Crippen molar-refractivity contribution in [1.29, 1.82) is 0 Å². The van der Waals surface area contributed by atoms with Crippen LogP contribution < -0.4 is 5.32 Å². The summed E-state index contributed by atoms with van der Waals surface area (Å²) in [5, 5.41) is 11.9. The number of nitrogens with zero attached hydrogens (tertiary/aromatic N) is 2. The fourth-order valence-electron chi connectivity index (χ4n) is 2.69. The van der Waals surface area contributed by atoms with E-state index in [4.69, 9.17) is 16.7 Å². The van der Waals surface area contributed by atoms with E-state index in [9.17, 15) is 9.18 Å². The summed E-state index contributed by atoms with van der Waals surface area (Å²) in [7, 11) is 0. The topological polar surface area (TPSA) is 75.1 Å². The SMILES string of the molecule is CCC1CC(=CC(=O)O)CC(Nc2nc(Cl)ncc2F)C1. The number of halogens is 2. The Labute approximate surface area is 127 Å². The lowest BCUT2D eigenvalue weighted by Gasteiger charge is -2.31. The lowest BCUT2D eigenvalue weighted by Crippen LogP contribution is -2.29. The summed E-state index contributed by atoms with van der Waals surface area (Å²) in [6, 6.07) is -0.0604. The van der Waals surface area contributed by atoms with E-state index >= 15 is 0 Å². The van der Waals surface area contributed by atoms with E-state index < -0.39 is 11.8 Å². The van der Waals surface area contributed by atoms with Crippen molar-refractivity contribution in [2.45, 2.75) is 38.6 Å². The third-order valence-electron chi connectivity index (χ3n) is 3.64. The molecule has 114 valence electrons. The molecule has 2 unspecified atom stereocenters. The highest BCUT2D eigenvalue weighted by atomic mass is 35.5. The van der Waals surface area contributed by atoms with Gasteiger partial charge < -0.3 is 10.4 Å². The molecule has 0 aromatic carbocycles. The Hall–Kier alpha value is -1.69. The number of rotatable bonds is 4. The zero-order valence-corrected chi connectivity index (χ0v) is 12.4. The largest absolute Gasteiger partial charge is 0.478 e. The van der Waals surface area contributed by atoms with Crippen molar-refractivity contribution in [3.05, 3.63) is 28.9 Å². The maximum Gasteiger partial charge on any atom is 0.328 e. The maximum atomic E-state index is 13.7. The third-order valence-corrected chi connectivity index (χ3v) is 3.82. The summed E-state index contributed by atoms with van der Waals surface area (Å²) in [5.41, 5.74) is 0.860. The first-order valence-electron chi connectivity index (χ1n) is 6.84. The fraction of sp³-hybridized carbons (Fsp3) is 0.500. The molecule has 7 heteroatoms. The molecule has 5 nitrogen and oxygen atoms in total. The van der Waals surface area contributed by atoms with Gasteiger partial charge in [-0.25, -0.2) is 14.2 Å². The summed E-state index contributed by atoms with van der Waals surface area (Å²) in [5.74, 6) is -1.08. The number of carboxylic acid groups (broad SMARTS) is 1. The van der Waals surface area contributed by atoms with E-state index in [2.05, 4.69) is 22.2 Å². The van der Waals surface area contributed by atoms with Gasteiger partial charge in [-0.15, -0.1) is 0 Å². The number of aliphatic carboxylic acids is 1. The molecule has 1 heterocycles. The van der Waals surface area contributed by atoms with Crippen molar-refractivity contribution in [3.8, 4) is 0 Å². The zero-order valence-electron chi connectivity index (χ0n) is 11.6. The first kappa shape index (κ1) is 15.7. The van der Waals surface area contributed by atoms with Crippen molar-refractivity contribution in [3.63, 3.8) is 0 Å². The minimum Gasteiger partial charge on any atom is -0.478 e. The van der Waals surface area contributed by atoms with Crippen LogP contribution in [0.15, 0.2) is 17.8 Å². The van der Waals surface area contributed by atoms with Crippen LogP contribution in [0.25, 0.3) is 0 Å². The van der Waals surface area contributed by atoms with Gasteiger partial charge in [-0.2, -0.15) is 4.98 Å². The molecule has 2 atom stereocenters. The van der Waals surface area contributed by atoms with Gasteiger partial charge in [0.1, 0.15) is 0 Å². The van der Waals surface area contributed by atoms with Crippen LogP contribution in [-0.4, -0.2) is 27.1 Å². The molecule has 1 aromatic rings. The van der Waals surface area contributed by atoms with Crippen LogP contribution in [0, 0.1) is 11.7 Å². The molecule has 0 radical (unpaired) electrons. The molecular formula is C14H17ClFN3O2. The Balaban J connectivity index is 2.14. The van der Waals surface area contributed by atoms with Gasteiger partial charge in [0.25, 0.3) is 0 Å². The predicted octanol–water partition coefficient (Wildman–Crippen LogP) is 3.27. The van der Waals surface area contributed by atoms with Gasteiger partial charge in [0.2, 0.25) is 5.28 Å². The maximum absolute atomic E-state index is 13.7. The summed E-state index contributed by atoms with van der Waals surface area (Å²) < 4.78 is 13.7. The van der Waals surface area contributed by atoms with Crippen molar-refractivity contribution in [2.75, 3.05) is 5.32 Å². The fourth-order valence-corrected chi connectivity index (χ4v) is 2.83. The zero-order chi connectivity index (χ0) is 15.4. The molecule has 0 aliphatic heterocycles. The smallest absolute Gasteiger partial charge is 0.328 e. The third kappa shape index (κ3) is 4.39. The van der Waals surface area contributed by atoms with Crippen LogP contribution in [0.1, 0.15) is 32.6 Å². The van der Waals surface area contributed by atoms with Crippen LogP contribution in [0.4, 0.5) is 10.2 Å². The first-order valence-corrected chi connectivity index (χ1v) is 7.22. The minimum absolute atomic E-state index is 0.0250. The molecule has 1 saturated carbocycles. The molecule has 2 N–H and O–H groups in total. The number of hydrogen-bond donors (Lipinski definition) is 2. The number of aromatic nitrogens is 2. The van der Waals surface area contributed by atoms with Gasteiger partial charge in [-0.1, -0.05) is 18.9 Å². The highest BCUT2D eigenvalue weighted by Gasteiger charge is 2.25. The Morgan fingerprint density at radius 2 is 2.38 bits per heavy atom. The first-order chi connectivity index (χ1) is 9.97. The standard InChI is InChI=1S/C14H17ClFN3O2/c1-2-8-3-9(6-12(20)21)5-10(4-8)18-13-11(16)7-17-14(15)19-13/h6-8,10H,2-5H2,1H3,(H,20,21)(H,17,18,19). The van der Waals surface area contributed by atoms with Crippen molar-refractivity contribution in [2.24, 2.45) is 5.92 Å². The molecule has 0 bridgehead atoms. The average molecular weight is 314 g/mol. The molecule has 1 aliphatic rings. The lowest BCUT2D eigenvalue weighted by atomic mass is 9.81. The average Bonchev–Trinajstić information content (AvgIpc) is 2.42. The quantitative estimate of drug-likeness (QED) is 0.659. The van der Waals surface area contributed by atoms with Gasteiger partial charge in [-0.3, -0.25) is 0 Å². The number of hydrogen-bond acceptors (Lipinski definition) is 4. The second-order valence-electron chi connectivity index (χ2n) is 5.24. The predicted molar refractivity (Wildman–Crippen MR) is 77.8 cm³/mol. The Morgan fingerprint density at radius 1 is 1.62 bits per heavy atom. The van der Waals surface area contributed by atoms with E-state index in [0.29, 0.717) is 12.3 Å². The summed E-state index contributed by atoms with van der Waals surface area (Å²) in [6.45, 7) is 2.06. The monoisotopic (exact) mass is 313 g/mol. The molecular weight excluding hydrogens is 297 g/mol. The van der Waals surface area contributed by atoms with Crippen molar-refractivity contribution >= 4 is 23.4 Å². The van der Waals surface area contributed by atoms with Crippen LogP contribution in [0.3, 0.4) is 0 Å². The van der Waals surface area contributed by atoms with E-state index in [1.54, 1.807) is 0 Å². The van der Waals surface area contributed by atoms with E-state index in [-0.39, 0.29) is 17.1 Å². The van der Waals surface area contributed by atoms with Crippen molar-refractivity contribution in [1.82, 2.24) is 9.97 Å². The van der Waals surface area contributed by atoms with Gasteiger partial charge in [0.05, 0.1) is 6.20 Å². The summed E-state index contributed by atoms with van der Waals surface area (Å²) >= 11 is 5.67. The Kier molecular flexibility index (Phi) is 5.12. The second kappa shape index (κ2) is 6.85. The normalized spacial score (nSPS) is 24.0. The molecule has 2 rings (SSSR count). The van der Waals surface area contributed by atoms with E-state index in [0.717, 1.165) is 31.0 Å². The highest BCUT2D eigenvalue weighted by molar-refractivity contribution is 6.28. The number of carboxylic acids is 1. The van der Waals surface area contributed by atoms with Crippen LogP contribution in [-0.2, 0) is 4.79 Å². The summed E-state index contributed by atoms with van der Waals surface area (Å²) in [6.07, 6.45) is 5.39. The molecule has 1 aromatic heterocycles. The number of nitrogens with one attached hydrogen (secondary N) is 1. The molecule has 21 heavy (non-hydrogen) atoms. The van der Waals surface area contributed by atoms with Gasteiger partial charge in [-0.05, 0) is 36.8 Å². The van der Waals surface area contributed by atoms with E-state index in [1.807, 2.05) is 0 Å². The molecule has 0 saturated heterocycles. The summed E-state index contributed by atoms with van der Waals surface area (Å²) in [4.78, 5) is 18.2. The Bertz CT molecular complexity index is 565. The lowest BCUT2D eigenvalue weighted by molar-refractivity contribution is -0.131. The number of anilines is 1.